The average Bonchev–Trinajstić information content (AvgIpc) is 3.03. The molecule has 0 unspecified atom stereocenters. The average molecular weight is 358 g/mol. The Hall–Kier alpha value is -3.21. The second kappa shape index (κ2) is 6.83. The third kappa shape index (κ3) is 3.05. The number of nitrogens with zero attached hydrogens (tertiary/aromatic N) is 3. The van der Waals surface area contributed by atoms with Gasteiger partial charge in [0.25, 0.3) is 0 Å². The molecule has 1 N–H and O–H groups in total. The summed E-state index contributed by atoms with van der Waals surface area (Å²) >= 11 is 0. The van der Waals surface area contributed by atoms with Gasteiger partial charge in [0, 0.05) is 5.56 Å². The van der Waals surface area contributed by atoms with Crippen LogP contribution in [0.25, 0.3) is 22.6 Å². The van der Waals surface area contributed by atoms with Gasteiger partial charge in [-0.25, -0.2) is 14.8 Å². The lowest BCUT2D eigenvalue weighted by molar-refractivity contribution is 0.630. The number of aromatic amines is 1. The molecule has 0 spiro atoms. The van der Waals surface area contributed by atoms with Crippen molar-refractivity contribution in [2.75, 3.05) is 0 Å². The van der Waals surface area contributed by atoms with Crippen LogP contribution in [0.2, 0.25) is 0 Å². The van der Waals surface area contributed by atoms with E-state index in [4.69, 9.17) is 4.98 Å². The molecule has 27 heavy (non-hydrogen) atoms. The molecule has 0 amide bonds. The lowest BCUT2D eigenvalue weighted by Gasteiger charge is -2.14. The van der Waals surface area contributed by atoms with Gasteiger partial charge in [0.15, 0.2) is 11.5 Å². The summed E-state index contributed by atoms with van der Waals surface area (Å²) in [6, 6.07) is 18.0. The summed E-state index contributed by atoms with van der Waals surface area (Å²) in [5.41, 5.74) is 4.35. The van der Waals surface area contributed by atoms with Gasteiger partial charge in [-0.3, -0.25) is 4.57 Å². The van der Waals surface area contributed by atoms with Gasteiger partial charge in [-0.1, -0.05) is 68.4 Å². The van der Waals surface area contributed by atoms with E-state index in [1.165, 1.54) is 5.56 Å². The van der Waals surface area contributed by atoms with E-state index >= 15 is 0 Å². The second-order valence-corrected chi connectivity index (χ2v) is 7.06. The molecule has 2 aromatic heterocycles. The summed E-state index contributed by atoms with van der Waals surface area (Å²) in [6.45, 7) is 6.32. The topological polar surface area (TPSA) is 63.6 Å². The van der Waals surface area contributed by atoms with Crippen LogP contribution in [0.4, 0.5) is 0 Å². The van der Waals surface area contributed by atoms with E-state index in [9.17, 15) is 4.79 Å². The van der Waals surface area contributed by atoms with Gasteiger partial charge in [0.1, 0.15) is 5.52 Å². The van der Waals surface area contributed by atoms with Crippen molar-refractivity contribution in [1.82, 2.24) is 19.5 Å². The molecule has 0 radical (unpaired) electrons. The van der Waals surface area contributed by atoms with Crippen LogP contribution in [0.5, 0.6) is 0 Å². The van der Waals surface area contributed by atoms with Crippen LogP contribution >= 0.6 is 0 Å². The van der Waals surface area contributed by atoms with Crippen molar-refractivity contribution in [3.8, 4) is 11.4 Å². The molecule has 0 fully saturated rings. The molecule has 0 saturated heterocycles. The Balaban J connectivity index is 1.90. The van der Waals surface area contributed by atoms with Crippen molar-refractivity contribution in [2.24, 2.45) is 0 Å². The highest BCUT2D eigenvalue weighted by Gasteiger charge is 2.18. The van der Waals surface area contributed by atoms with Gasteiger partial charge in [0.05, 0.1) is 12.2 Å². The number of aromatic nitrogens is 4. The molecule has 0 aliphatic rings. The Bertz CT molecular complexity index is 1140. The highest BCUT2D eigenvalue weighted by atomic mass is 16.1. The molecule has 4 rings (SSSR count). The first-order valence-corrected chi connectivity index (χ1v) is 9.17. The first kappa shape index (κ1) is 17.2. The van der Waals surface area contributed by atoms with Gasteiger partial charge in [0.2, 0.25) is 0 Å². The van der Waals surface area contributed by atoms with E-state index in [1.54, 1.807) is 10.8 Å². The number of benzene rings is 2. The van der Waals surface area contributed by atoms with E-state index in [0.717, 1.165) is 11.1 Å². The Morgan fingerprint density at radius 1 is 0.963 bits per heavy atom. The van der Waals surface area contributed by atoms with Gasteiger partial charge in [-0.15, -0.1) is 0 Å². The number of fused-ring (bicyclic) bond motifs is 1. The summed E-state index contributed by atoms with van der Waals surface area (Å²) in [6.07, 6.45) is 1.70. The van der Waals surface area contributed by atoms with Crippen molar-refractivity contribution in [3.63, 3.8) is 0 Å². The maximum absolute atomic E-state index is 12.6. The zero-order chi connectivity index (χ0) is 19.0. The van der Waals surface area contributed by atoms with Gasteiger partial charge in [-0.05, 0) is 24.0 Å². The number of hydrogen-bond donors (Lipinski definition) is 1. The van der Waals surface area contributed by atoms with Crippen molar-refractivity contribution >= 4 is 11.2 Å². The van der Waals surface area contributed by atoms with Crippen molar-refractivity contribution in [1.29, 1.82) is 0 Å². The van der Waals surface area contributed by atoms with Crippen LogP contribution in [0, 0.1) is 0 Å². The van der Waals surface area contributed by atoms with Gasteiger partial charge >= 0.3 is 5.69 Å². The predicted molar refractivity (Wildman–Crippen MR) is 108 cm³/mol. The van der Waals surface area contributed by atoms with Crippen LogP contribution in [-0.2, 0) is 0 Å². The molecule has 2 heterocycles. The van der Waals surface area contributed by atoms with Crippen molar-refractivity contribution in [3.05, 3.63) is 82.4 Å². The van der Waals surface area contributed by atoms with Crippen molar-refractivity contribution < 1.29 is 0 Å². The fourth-order valence-electron chi connectivity index (χ4n) is 3.49. The molecular weight excluding hydrogens is 336 g/mol. The maximum atomic E-state index is 12.6. The van der Waals surface area contributed by atoms with E-state index in [-0.39, 0.29) is 11.7 Å². The summed E-state index contributed by atoms with van der Waals surface area (Å²) in [5.74, 6) is 0.997. The van der Waals surface area contributed by atoms with E-state index < -0.39 is 0 Å². The lowest BCUT2D eigenvalue weighted by Crippen LogP contribution is -2.21. The lowest BCUT2D eigenvalue weighted by atomic mass is 9.97. The molecule has 1 atom stereocenters. The van der Waals surface area contributed by atoms with Crippen molar-refractivity contribution in [2.45, 2.75) is 32.7 Å². The summed E-state index contributed by atoms with van der Waals surface area (Å²) in [7, 11) is 0. The highest BCUT2D eigenvalue weighted by molar-refractivity contribution is 5.74. The molecule has 0 aliphatic heterocycles. The minimum atomic E-state index is -0.176. The molecule has 5 heteroatoms. The number of hydrogen-bond acceptors (Lipinski definition) is 3. The Morgan fingerprint density at radius 3 is 2.41 bits per heavy atom. The fraction of sp³-hybridized carbons (Fsp3) is 0.227. The summed E-state index contributed by atoms with van der Waals surface area (Å²) < 4.78 is 1.70. The molecule has 4 aromatic rings. The Labute approximate surface area is 157 Å². The van der Waals surface area contributed by atoms with Crippen LogP contribution in [-0.4, -0.2) is 19.5 Å². The number of imidazole rings is 1. The third-order valence-corrected chi connectivity index (χ3v) is 4.95. The van der Waals surface area contributed by atoms with Crippen LogP contribution in [0.15, 0.2) is 65.6 Å². The Kier molecular flexibility index (Phi) is 4.36. The van der Waals surface area contributed by atoms with Crippen LogP contribution in [0.3, 0.4) is 0 Å². The minimum absolute atomic E-state index is 0.129. The number of H-pyrrole nitrogens is 1. The molecule has 0 bridgehead atoms. The molecule has 2 aromatic carbocycles. The van der Waals surface area contributed by atoms with Gasteiger partial charge in [-0.2, -0.15) is 0 Å². The quantitative estimate of drug-likeness (QED) is 0.583. The molecule has 0 saturated carbocycles. The monoisotopic (exact) mass is 358 g/mol. The number of nitrogens with one attached hydrogen (secondary N) is 1. The van der Waals surface area contributed by atoms with E-state index in [2.05, 4.69) is 29.9 Å². The molecule has 5 nitrogen and oxygen atoms in total. The van der Waals surface area contributed by atoms with Gasteiger partial charge < -0.3 is 4.98 Å². The zero-order valence-electron chi connectivity index (χ0n) is 15.7. The first-order valence-electron chi connectivity index (χ1n) is 9.17. The van der Waals surface area contributed by atoms with Crippen LogP contribution < -0.4 is 5.69 Å². The minimum Gasteiger partial charge on any atom is -0.303 e. The normalized spacial score (nSPS) is 12.6. The fourth-order valence-corrected chi connectivity index (χ4v) is 3.49. The van der Waals surface area contributed by atoms with E-state index in [0.29, 0.717) is 22.9 Å². The third-order valence-electron chi connectivity index (χ3n) is 4.95. The molecular formula is C22H22N4O. The molecule has 0 aliphatic carbocycles. The number of rotatable bonds is 4. The predicted octanol–water partition coefficient (Wildman–Crippen LogP) is 4.52. The van der Waals surface area contributed by atoms with E-state index in [1.807, 2.05) is 55.5 Å². The first-order chi connectivity index (χ1) is 13.1. The zero-order valence-corrected chi connectivity index (χ0v) is 15.7. The standard InChI is InChI=1S/C22H22N4O/c1-14(2)17-11-7-8-12-18(17)20-23-13-19-21(25-20)26(22(27)24-19)15(3)16-9-5-4-6-10-16/h4-15H,1-3H3,(H,24,27)/t15-/m0/s1. The smallest absolute Gasteiger partial charge is 0.303 e. The van der Waals surface area contributed by atoms with Crippen LogP contribution in [0.1, 0.15) is 43.9 Å². The second-order valence-electron chi connectivity index (χ2n) is 7.06. The molecule has 136 valence electrons. The summed E-state index contributed by atoms with van der Waals surface area (Å²) in [5, 5.41) is 0. The highest BCUT2D eigenvalue weighted by Crippen LogP contribution is 2.28. The maximum Gasteiger partial charge on any atom is 0.328 e. The largest absolute Gasteiger partial charge is 0.328 e. The summed E-state index contributed by atoms with van der Waals surface area (Å²) in [4.78, 5) is 24.8. The Morgan fingerprint density at radius 2 is 1.67 bits per heavy atom. The SMILES string of the molecule is CC(C)c1ccccc1-c1ncc2[nH]c(=O)n([C@@H](C)c3ccccc3)c2n1.